The van der Waals surface area contributed by atoms with Gasteiger partial charge < -0.3 is 14.7 Å². The number of hydrogen-bond donors (Lipinski definition) is 1. The van der Waals surface area contributed by atoms with Crippen LogP contribution >= 0.6 is 0 Å². The highest BCUT2D eigenvalue weighted by Gasteiger charge is 2.69. The van der Waals surface area contributed by atoms with Crippen LogP contribution in [0, 0.1) is 62.6 Å². The fourth-order valence-corrected chi connectivity index (χ4v) is 13.5. The summed E-state index contributed by atoms with van der Waals surface area (Å²) in [7, 11) is 3.60. The number of likely N-dealkylation sites (N-methyl/N-ethyl adjacent to an activating group) is 1. The van der Waals surface area contributed by atoms with Crippen molar-refractivity contribution in [1.82, 2.24) is 14.8 Å². The van der Waals surface area contributed by atoms with Crippen molar-refractivity contribution in [3.63, 3.8) is 0 Å². The lowest BCUT2D eigenvalue weighted by molar-refractivity contribution is -0.232. The maximum absolute atomic E-state index is 14.7. The van der Waals surface area contributed by atoms with Crippen LogP contribution in [0.5, 0.6) is 0 Å². The summed E-state index contributed by atoms with van der Waals surface area (Å²) in [6.07, 6.45) is 12.4. The van der Waals surface area contributed by atoms with Gasteiger partial charge in [-0.25, -0.2) is 0 Å². The highest BCUT2D eigenvalue weighted by molar-refractivity contribution is 6.01. The summed E-state index contributed by atoms with van der Waals surface area (Å²) >= 11 is 0. The predicted octanol–water partition coefficient (Wildman–Crippen LogP) is 8.61. The number of carbonyl (C=O) groups is 4. The Hall–Kier alpha value is -3.07. The molecule has 5 aliphatic rings. The molecular weight excluding hydrogens is 703 g/mol. The van der Waals surface area contributed by atoms with E-state index in [1.165, 1.54) is 5.57 Å². The monoisotopic (exact) mass is 774 g/mol. The Kier molecular flexibility index (Phi) is 11.6. The molecular formula is C47H71N3O6. The number of amides is 1. The van der Waals surface area contributed by atoms with E-state index >= 15 is 0 Å². The number of pyridine rings is 1. The maximum Gasteiger partial charge on any atom is 0.309 e. The third-order valence-corrected chi connectivity index (χ3v) is 16.7. The lowest BCUT2D eigenvalue weighted by Gasteiger charge is -2.71. The standard InChI is InChI=1S/C47H71N3O6/c1-29(2)39-40-31(32(41(39)53)19-24-50(28-37(51)49(10)11)27-30-13-12-23-48-26-30)16-21-46(8)33(40)14-15-35-45(7)20-18-36(56-38(52)25-43(3,4)42(54)55)44(5,6)34(45)17-22-47(35,46)9/h12-13,23,26,29,31-36H,14-22,24-25,27-28H2,1-11H3,(H,54,55)/t31?,32-,33+,34?,35?,36-,45-,46+,47+/m0/s1. The van der Waals surface area contributed by atoms with E-state index in [1.807, 2.05) is 12.3 Å². The van der Waals surface area contributed by atoms with E-state index in [4.69, 9.17) is 4.74 Å². The number of allylic oxidation sites excluding steroid dienone is 2. The van der Waals surface area contributed by atoms with Gasteiger partial charge in [0.25, 0.3) is 0 Å². The molecule has 5 aliphatic carbocycles. The van der Waals surface area contributed by atoms with Gasteiger partial charge in [0.15, 0.2) is 5.78 Å². The second-order valence-corrected chi connectivity index (χ2v) is 21.1. The number of esters is 1. The summed E-state index contributed by atoms with van der Waals surface area (Å²) in [4.78, 5) is 60.6. The van der Waals surface area contributed by atoms with Gasteiger partial charge in [0, 0.05) is 44.4 Å². The second kappa shape index (κ2) is 15.3. The van der Waals surface area contributed by atoms with Gasteiger partial charge in [-0.15, -0.1) is 0 Å². The number of rotatable bonds is 12. The van der Waals surface area contributed by atoms with Gasteiger partial charge in [-0.05, 0) is 141 Å². The number of Topliss-reactive ketones (excluding diaryl/α,β-unsaturated/α-hetero) is 1. The molecule has 9 atom stereocenters. The highest BCUT2D eigenvalue weighted by atomic mass is 16.5. The van der Waals surface area contributed by atoms with Gasteiger partial charge in [0.2, 0.25) is 5.91 Å². The van der Waals surface area contributed by atoms with Crippen molar-refractivity contribution >= 4 is 23.6 Å². The van der Waals surface area contributed by atoms with E-state index in [0.717, 1.165) is 68.9 Å². The molecule has 0 bridgehead atoms. The minimum Gasteiger partial charge on any atom is -0.481 e. The number of aromatic nitrogens is 1. The first-order chi connectivity index (χ1) is 26.1. The van der Waals surface area contributed by atoms with Crippen molar-refractivity contribution < 1.29 is 29.0 Å². The van der Waals surface area contributed by atoms with Crippen LogP contribution in [0.1, 0.15) is 132 Å². The van der Waals surface area contributed by atoms with Crippen LogP contribution in [0.25, 0.3) is 0 Å². The molecule has 4 fully saturated rings. The Labute approximate surface area is 336 Å². The Morgan fingerprint density at radius 3 is 2.29 bits per heavy atom. The molecule has 0 radical (unpaired) electrons. The van der Waals surface area contributed by atoms with Crippen molar-refractivity contribution in [3.8, 4) is 0 Å². The van der Waals surface area contributed by atoms with Gasteiger partial charge in [0.05, 0.1) is 18.4 Å². The third-order valence-electron chi connectivity index (χ3n) is 16.7. The predicted molar refractivity (Wildman–Crippen MR) is 218 cm³/mol. The molecule has 6 rings (SSSR count). The Morgan fingerprint density at radius 2 is 1.66 bits per heavy atom. The molecule has 1 heterocycles. The minimum absolute atomic E-state index is 0.0450. The molecule has 1 aromatic rings. The first kappa shape index (κ1) is 42.5. The van der Waals surface area contributed by atoms with Gasteiger partial charge in [0.1, 0.15) is 6.10 Å². The Bertz CT molecular complexity index is 1720. The summed E-state index contributed by atoms with van der Waals surface area (Å²) in [5, 5.41) is 9.63. The topological polar surface area (TPSA) is 117 Å². The molecule has 0 aromatic carbocycles. The first-order valence-electron chi connectivity index (χ1n) is 21.6. The Balaban J connectivity index is 1.22. The van der Waals surface area contributed by atoms with Crippen molar-refractivity contribution in [2.45, 2.75) is 139 Å². The molecule has 3 unspecified atom stereocenters. The molecule has 9 nitrogen and oxygen atoms in total. The highest BCUT2D eigenvalue weighted by Crippen LogP contribution is 2.75. The molecule has 310 valence electrons. The zero-order valence-corrected chi connectivity index (χ0v) is 36.4. The van der Waals surface area contributed by atoms with Gasteiger partial charge in [-0.2, -0.15) is 0 Å². The molecule has 0 spiro atoms. The van der Waals surface area contributed by atoms with E-state index in [2.05, 4.69) is 64.4 Å². The van der Waals surface area contributed by atoms with Gasteiger partial charge >= 0.3 is 11.9 Å². The number of aliphatic carboxylic acids is 1. The smallest absolute Gasteiger partial charge is 0.309 e. The normalized spacial score (nSPS) is 35.1. The van der Waals surface area contributed by atoms with Crippen LogP contribution in [0.3, 0.4) is 0 Å². The molecule has 0 saturated heterocycles. The van der Waals surface area contributed by atoms with Crippen LogP contribution in [-0.2, 0) is 30.5 Å². The molecule has 9 heteroatoms. The number of hydrogen-bond acceptors (Lipinski definition) is 7. The average molecular weight is 774 g/mol. The summed E-state index contributed by atoms with van der Waals surface area (Å²) in [5.41, 5.74) is 2.55. The summed E-state index contributed by atoms with van der Waals surface area (Å²) in [6, 6.07) is 3.99. The van der Waals surface area contributed by atoms with Crippen LogP contribution in [0.2, 0.25) is 0 Å². The van der Waals surface area contributed by atoms with E-state index < -0.39 is 17.4 Å². The zero-order valence-electron chi connectivity index (χ0n) is 36.4. The lowest BCUT2D eigenvalue weighted by atomic mass is 9.33. The van der Waals surface area contributed by atoms with Crippen molar-refractivity contribution in [2.75, 3.05) is 27.2 Å². The second-order valence-electron chi connectivity index (χ2n) is 21.1. The molecule has 0 aliphatic heterocycles. The fraction of sp³-hybridized carbons (Fsp3) is 0.766. The Morgan fingerprint density at radius 1 is 0.964 bits per heavy atom. The molecule has 1 N–H and O–H groups in total. The molecule has 56 heavy (non-hydrogen) atoms. The van der Waals surface area contributed by atoms with E-state index in [1.54, 1.807) is 39.0 Å². The third kappa shape index (κ3) is 7.19. The zero-order chi connectivity index (χ0) is 41.2. The van der Waals surface area contributed by atoms with Crippen molar-refractivity contribution in [3.05, 3.63) is 41.2 Å². The van der Waals surface area contributed by atoms with Gasteiger partial charge in [-0.3, -0.25) is 29.1 Å². The number of ketones is 1. The number of carboxylic acids is 1. The number of carboxylic acid groups (broad SMARTS) is 1. The SMILES string of the molecule is CC(C)C1=C2C(CC[C@]3(C)[C@@H]2CCC2[C@@]4(C)CC[C@H](OC(=O)CC(C)(C)C(=O)O)C(C)(C)C4CC[C@]23C)[C@H](CCN(CC(=O)N(C)C)Cc2cccnc2)C1=O. The first-order valence-corrected chi connectivity index (χ1v) is 21.6. The van der Waals surface area contributed by atoms with Crippen LogP contribution in [0.4, 0.5) is 0 Å². The maximum atomic E-state index is 14.7. The number of nitrogens with zero attached hydrogens (tertiary/aromatic N) is 3. The summed E-state index contributed by atoms with van der Waals surface area (Å²) in [5.74, 6) is 0.723. The van der Waals surface area contributed by atoms with E-state index in [9.17, 15) is 24.3 Å². The van der Waals surface area contributed by atoms with E-state index in [0.29, 0.717) is 43.2 Å². The number of carbonyl (C=O) groups excluding carboxylic acids is 3. The van der Waals surface area contributed by atoms with E-state index in [-0.39, 0.29) is 57.8 Å². The number of ether oxygens (including phenoxy) is 1. The lowest BCUT2D eigenvalue weighted by Crippen LogP contribution is -2.65. The number of fused-ring (bicyclic) bond motifs is 7. The summed E-state index contributed by atoms with van der Waals surface area (Å²) < 4.78 is 6.18. The molecule has 1 amide bonds. The van der Waals surface area contributed by atoms with Crippen LogP contribution in [0.15, 0.2) is 35.7 Å². The van der Waals surface area contributed by atoms with Gasteiger partial charge in [-0.1, -0.05) is 60.1 Å². The van der Waals surface area contributed by atoms with Crippen LogP contribution in [-0.4, -0.2) is 76.8 Å². The largest absolute Gasteiger partial charge is 0.481 e. The molecule has 4 saturated carbocycles. The summed E-state index contributed by atoms with van der Waals surface area (Å²) in [6.45, 7) is 21.5. The van der Waals surface area contributed by atoms with Crippen molar-refractivity contribution in [1.29, 1.82) is 0 Å². The fourth-order valence-electron chi connectivity index (χ4n) is 13.5. The average Bonchev–Trinajstić information content (AvgIpc) is 3.39. The van der Waals surface area contributed by atoms with Crippen LogP contribution < -0.4 is 0 Å². The quantitative estimate of drug-likeness (QED) is 0.210. The minimum atomic E-state index is -1.16. The van der Waals surface area contributed by atoms with Crippen molar-refractivity contribution in [2.24, 2.45) is 62.6 Å². The molecule has 1 aromatic heterocycles.